The second-order valence-electron chi connectivity index (χ2n) is 5.68. The molecular weight excluding hydrogens is 254 g/mol. The molecule has 20 heavy (non-hydrogen) atoms. The van der Waals surface area contributed by atoms with Gasteiger partial charge in [0.1, 0.15) is 5.75 Å². The fourth-order valence-corrected chi connectivity index (χ4v) is 1.74. The van der Waals surface area contributed by atoms with Crippen molar-refractivity contribution in [3.8, 4) is 5.75 Å². The summed E-state index contributed by atoms with van der Waals surface area (Å²) in [4.78, 5) is 0. The van der Waals surface area contributed by atoms with Crippen molar-refractivity contribution in [1.29, 1.82) is 0 Å². The number of benzene rings is 1. The fourth-order valence-electron chi connectivity index (χ4n) is 1.74. The molecule has 108 valence electrons. The van der Waals surface area contributed by atoms with Gasteiger partial charge in [0.05, 0.1) is 0 Å². The quantitative estimate of drug-likeness (QED) is 0.909. The van der Waals surface area contributed by atoms with Crippen molar-refractivity contribution in [2.24, 2.45) is 0 Å². The summed E-state index contributed by atoms with van der Waals surface area (Å²) in [6, 6.07) is 7.90. The van der Waals surface area contributed by atoms with Crippen LogP contribution in [0, 0.1) is 0 Å². The average Bonchev–Trinajstić information content (AvgIpc) is 2.87. The molecule has 1 aromatic heterocycles. The maximum Gasteiger partial charge on any atom is 0.253 e. The molecule has 0 aliphatic rings. The van der Waals surface area contributed by atoms with Gasteiger partial charge in [0.15, 0.2) is 6.61 Å². The number of nitrogens with one attached hydrogen (secondary N) is 1. The largest absolute Gasteiger partial charge is 0.483 e. The van der Waals surface area contributed by atoms with E-state index in [4.69, 9.17) is 9.15 Å². The molecule has 1 heterocycles. The van der Waals surface area contributed by atoms with E-state index in [2.05, 4.69) is 15.5 Å². The molecule has 0 bridgehead atoms. The minimum absolute atomic E-state index is 0.144. The molecular formula is C15H21N3O2. The van der Waals surface area contributed by atoms with Crippen molar-refractivity contribution in [2.75, 3.05) is 7.05 Å². The van der Waals surface area contributed by atoms with E-state index in [1.165, 1.54) is 0 Å². The second kappa shape index (κ2) is 6.05. The Morgan fingerprint density at radius 3 is 2.60 bits per heavy atom. The highest BCUT2D eigenvalue weighted by atomic mass is 16.5. The summed E-state index contributed by atoms with van der Waals surface area (Å²) < 4.78 is 11.4. The average molecular weight is 275 g/mol. The van der Waals surface area contributed by atoms with Crippen LogP contribution in [0.25, 0.3) is 0 Å². The van der Waals surface area contributed by atoms with E-state index in [0.717, 1.165) is 17.9 Å². The molecule has 0 radical (unpaired) electrons. The molecule has 0 unspecified atom stereocenters. The minimum Gasteiger partial charge on any atom is -0.483 e. The van der Waals surface area contributed by atoms with Crippen molar-refractivity contribution >= 4 is 0 Å². The summed E-state index contributed by atoms with van der Waals surface area (Å²) in [6.07, 6.45) is 0. The summed E-state index contributed by atoms with van der Waals surface area (Å²) in [6.45, 7) is 7.14. The molecule has 5 heteroatoms. The number of aromatic nitrogens is 2. The Morgan fingerprint density at radius 1 is 1.20 bits per heavy atom. The van der Waals surface area contributed by atoms with Crippen molar-refractivity contribution in [2.45, 2.75) is 39.3 Å². The van der Waals surface area contributed by atoms with Gasteiger partial charge >= 0.3 is 0 Å². The molecule has 0 atom stereocenters. The summed E-state index contributed by atoms with van der Waals surface area (Å²) in [7, 11) is 1.91. The zero-order valence-corrected chi connectivity index (χ0v) is 12.4. The standard InChI is InChI=1S/C15H21N3O2/c1-15(2,3)14-18-17-13(20-14)10-19-12-8-6-5-7-11(12)9-16-4/h5-8,16H,9-10H2,1-4H3. The summed E-state index contributed by atoms with van der Waals surface area (Å²) in [5.74, 6) is 1.95. The first-order valence-electron chi connectivity index (χ1n) is 6.69. The van der Waals surface area contributed by atoms with E-state index in [0.29, 0.717) is 11.8 Å². The van der Waals surface area contributed by atoms with Gasteiger partial charge in [0.25, 0.3) is 5.89 Å². The SMILES string of the molecule is CNCc1ccccc1OCc1nnc(C(C)(C)C)o1. The lowest BCUT2D eigenvalue weighted by atomic mass is 9.97. The van der Waals surface area contributed by atoms with Crippen LogP contribution in [-0.4, -0.2) is 17.2 Å². The van der Waals surface area contributed by atoms with Gasteiger partial charge in [-0.2, -0.15) is 0 Å². The Morgan fingerprint density at radius 2 is 1.95 bits per heavy atom. The summed E-state index contributed by atoms with van der Waals surface area (Å²) in [5.41, 5.74) is 0.959. The zero-order chi connectivity index (χ0) is 14.6. The van der Waals surface area contributed by atoms with Crippen molar-refractivity contribution < 1.29 is 9.15 Å². The molecule has 2 aromatic rings. The second-order valence-corrected chi connectivity index (χ2v) is 5.68. The third-order valence-corrected chi connectivity index (χ3v) is 2.80. The van der Waals surface area contributed by atoms with E-state index < -0.39 is 0 Å². The van der Waals surface area contributed by atoms with Crippen LogP contribution in [-0.2, 0) is 18.6 Å². The Kier molecular flexibility index (Phi) is 4.39. The van der Waals surface area contributed by atoms with Crippen LogP contribution in [0.15, 0.2) is 28.7 Å². The Balaban J connectivity index is 2.04. The molecule has 5 nitrogen and oxygen atoms in total. The topological polar surface area (TPSA) is 60.2 Å². The van der Waals surface area contributed by atoms with Gasteiger partial charge in [0, 0.05) is 17.5 Å². The normalized spacial score (nSPS) is 11.6. The molecule has 0 saturated heterocycles. The number of rotatable bonds is 5. The smallest absolute Gasteiger partial charge is 0.253 e. The van der Waals surface area contributed by atoms with E-state index in [1.54, 1.807) is 0 Å². The maximum absolute atomic E-state index is 5.77. The zero-order valence-electron chi connectivity index (χ0n) is 12.4. The first-order chi connectivity index (χ1) is 9.50. The number of hydrogen-bond donors (Lipinski definition) is 1. The van der Waals surface area contributed by atoms with E-state index in [9.17, 15) is 0 Å². The number of nitrogens with zero attached hydrogens (tertiary/aromatic N) is 2. The molecule has 0 aliphatic heterocycles. The van der Waals surface area contributed by atoms with E-state index in [-0.39, 0.29) is 12.0 Å². The highest BCUT2D eigenvalue weighted by molar-refractivity contribution is 5.33. The van der Waals surface area contributed by atoms with Crippen molar-refractivity contribution in [1.82, 2.24) is 15.5 Å². The number of hydrogen-bond acceptors (Lipinski definition) is 5. The Labute approximate surface area is 119 Å². The van der Waals surface area contributed by atoms with Gasteiger partial charge in [-0.25, -0.2) is 0 Å². The van der Waals surface area contributed by atoms with Gasteiger partial charge in [-0.15, -0.1) is 10.2 Å². The first kappa shape index (κ1) is 14.5. The van der Waals surface area contributed by atoms with Crippen LogP contribution in [0.5, 0.6) is 5.75 Å². The lowest BCUT2D eigenvalue weighted by molar-refractivity contribution is 0.249. The van der Waals surface area contributed by atoms with E-state index >= 15 is 0 Å². The van der Waals surface area contributed by atoms with Gasteiger partial charge in [-0.05, 0) is 13.1 Å². The third kappa shape index (κ3) is 3.57. The number of para-hydroxylation sites is 1. The van der Waals surface area contributed by atoms with E-state index in [1.807, 2.05) is 52.1 Å². The highest BCUT2D eigenvalue weighted by Gasteiger charge is 2.21. The molecule has 1 N–H and O–H groups in total. The molecule has 0 fully saturated rings. The van der Waals surface area contributed by atoms with Gasteiger partial charge in [-0.3, -0.25) is 0 Å². The molecule has 0 amide bonds. The molecule has 0 spiro atoms. The molecule has 0 saturated carbocycles. The lowest BCUT2D eigenvalue weighted by Crippen LogP contribution is -2.11. The van der Waals surface area contributed by atoms with Gasteiger partial charge < -0.3 is 14.5 Å². The first-order valence-corrected chi connectivity index (χ1v) is 6.69. The maximum atomic E-state index is 5.77. The van der Waals surface area contributed by atoms with Gasteiger partial charge in [0.2, 0.25) is 5.89 Å². The number of ether oxygens (including phenoxy) is 1. The van der Waals surface area contributed by atoms with Crippen molar-refractivity contribution in [3.63, 3.8) is 0 Å². The fraction of sp³-hybridized carbons (Fsp3) is 0.467. The molecule has 1 aromatic carbocycles. The molecule has 0 aliphatic carbocycles. The van der Waals surface area contributed by atoms with Crippen LogP contribution in [0.1, 0.15) is 38.1 Å². The lowest BCUT2D eigenvalue weighted by Gasteiger charge is -2.11. The monoisotopic (exact) mass is 275 g/mol. The van der Waals surface area contributed by atoms with Crippen LogP contribution in [0.3, 0.4) is 0 Å². The molecule has 2 rings (SSSR count). The highest BCUT2D eigenvalue weighted by Crippen LogP contribution is 2.22. The third-order valence-electron chi connectivity index (χ3n) is 2.80. The van der Waals surface area contributed by atoms with Crippen LogP contribution >= 0.6 is 0 Å². The van der Waals surface area contributed by atoms with Crippen LogP contribution in [0.4, 0.5) is 0 Å². The van der Waals surface area contributed by atoms with Crippen molar-refractivity contribution in [3.05, 3.63) is 41.6 Å². The van der Waals surface area contributed by atoms with Crippen LogP contribution < -0.4 is 10.1 Å². The summed E-state index contributed by atoms with van der Waals surface area (Å²) >= 11 is 0. The minimum atomic E-state index is -0.144. The predicted octanol–water partition coefficient (Wildman–Crippen LogP) is 2.67. The Bertz CT molecular complexity index is 558. The Hall–Kier alpha value is -1.88. The summed E-state index contributed by atoms with van der Waals surface area (Å²) in [5, 5.41) is 11.2. The van der Waals surface area contributed by atoms with Gasteiger partial charge in [-0.1, -0.05) is 39.0 Å². The van der Waals surface area contributed by atoms with Crippen LogP contribution in [0.2, 0.25) is 0 Å². The predicted molar refractivity (Wildman–Crippen MR) is 76.5 cm³/mol.